The number of hydrogen-bond acceptors (Lipinski definition) is 5. The predicted octanol–water partition coefficient (Wildman–Crippen LogP) is 3.15. The monoisotopic (exact) mass is 333 g/mol. The van der Waals surface area contributed by atoms with E-state index in [2.05, 4.69) is 20.3 Å². The maximum atomic E-state index is 12.5. The van der Waals surface area contributed by atoms with E-state index in [9.17, 15) is 4.79 Å². The van der Waals surface area contributed by atoms with Crippen LogP contribution in [0.15, 0.2) is 59.5 Å². The number of aromatic nitrogens is 4. The fourth-order valence-corrected chi connectivity index (χ4v) is 2.60. The van der Waals surface area contributed by atoms with Gasteiger partial charge in [0, 0.05) is 6.54 Å². The third-order valence-corrected chi connectivity index (χ3v) is 3.77. The number of rotatable bonds is 3. The lowest BCUT2D eigenvalue weighted by molar-refractivity contribution is 0.242. The molecular weight excluding hydrogens is 318 g/mol. The Morgan fingerprint density at radius 3 is 2.76 bits per heavy atom. The van der Waals surface area contributed by atoms with Crippen molar-refractivity contribution in [2.45, 2.75) is 13.5 Å². The van der Waals surface area contributed by atoms with E-state index in [1.807, 2.05) is 30.3 Å². The van der Waals surface area contributed by atoms with Crippen LogP contribution in [0.4, 0.5) is 4.79 Å². The number of amides is 1. The SMILES string of the molecule is Cc1nc(-c2ccco2)c2ncn(C(=O)NCc3ccccc3)c2n1. The molecule has 4 rings (SSSR count). The minimum atomic E-state index is -0.296. The minimum absolute atomic E-state index is 0.296. The van der Waals surface area contributed by atoms with E-state index >= 15 is 0 Å². The second kappa shape index (κ2) is 6.20. The first-order valence-electron chi connectivity index (χ1n) is 7.80. The first-order valence-corrected chi connectivity index (χ1v) is 7.80. The molecule has 3 heterocycles. The average molecular weight is 333 g/mol. The summed E-state index contributed by atoms with van der Waals surface area (Å²) >= 11 is 0. The van der Waals surface area contributed by atoms with Crippen molar-refractivity contribution >= 4 is 17.2 Å². The van der Waals surface area contributed by atoms with Gasteiger partial charge in [0.1, 0.15) is 23.4 Å². The summed E-state index contributed by atoms with van der Waals surface area (Å²) in [6, 6.07) is 13.0. The third kappa shape index (κ3) is 2.87. The highest BCUT2D eigenvalue weighted by Gasteiger charge is 2.18. The van der Waals surface area contributed by atoms with E-state index in [1.54, 1.807) is 25.3 Å². The largest absolute Gasteiger partial charge is 0.463 e. The molecule has 3 aromatic heterocycles. The second-order valence-electron chi connectivity index (χ2n) is 5.53. The lowest BCUT2D eigenvalue weighted by Crippen LogP contribution is -2.27. The molecule has 0 atom stereocenters. The van der Waals surface area contributed by atoms with Gasteiger partial charge in [-0.3, -0.25) is 0 Å². The molecule has 0 bridgehead atoms. The number of aryl methyl sites for hydroxylation is 1. The summed E-state index contributed by atoms with van der Waals surface area (Å²) in [5, 5.41) is 2.87. The van der Waals surface area contributed by atoms with E-state index in [4.69, 9.17) is 4.42 Å². The van der Waals surface area contributed by atoms with Crippen molar-refractivity contribution < 1.29 is 9.21 Å². The van der Waals surface area contributed by atoms with E-state index in [-0.39, 0.29) is 6.03 Å². The van der Waals surface area contributed by atoms with Crippen molar-refractivity contribution in [3.8, 4) is 11.5 Å². The fourth-order valence-electron chi connectivity index (χ4n) is 2.60. The van der Waals surface area contributed by atoms with Crippen molar-refractivity contribution in [3.05, 3.63) is 66.4 Å². The van der Waals surface area contributed by atoms with Crippen LogP contribution >= 0.6 is 0 Å². The molecule has 0 aliphatic rings. The smallest absolute Gasteiger partial charge is 0.328 e. The Labute approximate surface area is 143 Å². The number of fused-ring (bicyclic) bond motifs is 1. The molecule has 1 amide bonds. The molecule has 7 nitrogen and oxygen atoms in total. The van der Waals surface area contributed by atoms with Crippen LogP contribution in [-0.4, -0.2) is 25.6 Å². The predicted molar refractivity (Wildman–Crippen MR) is 91.8 cm³/mol. The Morgan fingerprint density at radius 1 is 1.16 bits per heavy atom. The van der Waals surface area contributed by atoms with Crippen LogP contribution in [0.5, 0.6) is 0 Å². The summed E-state index contributed by atoms with van der Waals surface area (Å²) in [7, 11) is 0. The zero-order valence-electron chi connectivity index (χ0n) is 13.5. The van der Waals surface area contributed by atoms with Crippen molar-refractivity contribution in [3.63, 3.8) is 0 Å². The molecule has 0 saturated carbocycles. The summed E-state index contributed by atoms with van der Waals surface area (Å²) < 4.78 is 6.81. The topological polar surface area (TPSA) is 85.8 Å². The van der Waals surface area contributed by atoms with Crippen molar-refractivity contribution in [1.82, 2.24) is 24.8 Å². The highest BCUT2D eigenvalue weighted by atomic mass is 16.3. The standard InChI is InChI=1S/C18H15N5O2/c1-12-21-15(14-8-5-9-25-14)16-17(22-12)23(11-20-16)18(24)19-10-13-6-3-2-4-7-13/h2-9,11H,10H2,1H3,(H,19,24). The van der Waals surface area contributed by atoms with Gasteiger partial charge in [-0.05, 0) is 24.6 Å². The zero-order chi connectivity index (χ0) is 17.2. The lowest BCUT2D eigenvalue weighted by atomic mass is 10.2. The molecular formula is C18H15N5O2. The Morgan fingerprint density at radius 2 is 2.00 bits per heavy atom. The number of hydrogen-bond donors (Lipinski definition) is 1. The molecule has 0 aliphatic carbocycles. The summed E-state index contributed by atoms with van der Waals surface area (Å²) in [6.45, 7) is 2.19. The Hall–Kier alpha value is -3.48. The van der Waals surface area contributed by atoms with Crippen LogP contribution in [0.25, 0.3) is 22.6 Å². The van der Waals surface area contributed by atoms with Gasteiger partial charge in [0.25, 0.3) is 0 Å². The molecule has 124 valence electrons. The number of carbonyl (C=O) groups is 1. The molecule has 25 heavy (non-hydrogen) atoms. The van der Waals surface area contributed by atoms with Crippen LogP contribution in [0, 0.1) is 6.92 Å². The van der Waals surface area contributed by atoms with Gasteiger partial charge in [-0.1, -0.05) is 30.3 Å². The van der Waals surface area contributed by atoms with Gasteiger partial charge in [0.05, 0.1) is 6.26 Å². The average Bonchev–Trinajstić information content (AvgIpc) is 3.29. The lowest BCUT2D eigenvalue weighted by Gasteiger charge is -2.07. The number of carbonyl (C=O) groups excluding carboxylic acids is 1. The molecule has 4 aromatic rings. The molecule has 0 radical (unpaired) electrons. The van der Waals surface area contributed by atoms with E-state index < -0.39 is 0 Å². The van der Waals surface area contributed by atoms with Gasteiger partial charge in [-0.25, -0.2) is 24.3 Å². The maximum Gasteiger partial charge on any atom is 0.328 e. The van der Waals surface area contributed by atoms with Crippen LogP contribution in [0.1, 0.15) is 11.4 Å². The highest BCUT2D eigenvalue weighted by Crippen LogP contribution is 2.25. The van der Waals surface area contributed by atoms with Gasteiger partial charge in [-0.15, -0.1) is 0 Å². The first-order chi connectivity index (χ1) is 12.2. The van der Waals surface area contributed by atoms with E-state index in [0.29, 0.717) is 35.0 Å². The van der Waals surface area contributed by atoms with Crippen LogP contribution in [0.3, 0.4) is 0 Å². The molecule has 0 unspecified atom stereocenters. The number of benzene rings is 1. The molecule has 0 saturated heterocycles. The van der Waals surface area contributed by atoms with Crippen molar-refractivity contribution in [1.29, 1.82) is 0 Å². The van der Waals surface area contributed by atoms with E-state index in [0.717, 1.165) is 5.56 Å². The Balaban J connectivity index is 1.67. The van der Waals surface area contributed by atoms with Gasteiger partial charge < -0.3 is 9.73 Å². The second-order valence-corrected chi connectivity index (χ2v) is 5.53. The van der Waals surface area contributed by atoms with Crippen molar-refractivity contribution in [2.24, 2.45) is 0 Å². The molecule has 7 heteroatoms. The van der Waals surface area contributed by atoms with Crippen LogP contribution in [-0.2, 0) is 6.54 Å². The van der Waals surface area contributed by atoms with Crippen LogP contribution in [0.2, 0.25) is 0 Å². The normalized spacial score (nSPS) is 10.9. The number of imidazole rings is 1. The minimum Gasteiger partial charge on any atom is -0.463 e. The number of nitrogens with zero attached hydrogens (tertiary/aromatic N) is 4. The summed E-state index contributed by atoms with van der Waals surface area (Å²) in [4.78, 5) is 25.6. The van der Waals surface area contributed by atoms with Crippen molar-refractivity contribution in [2.75, 3.05) is 0 Å². The van der Waals surface area contributed by atoms with Gasteiger partial charge >= 0.3 is 6.03 Å². The fraction of sp³-hybridized carbons (Fsp3) is 0.111. The Kier molecular flexibility index (Phi) is 3.74. The highest BCUT2D eigenvalue weighted by molar-refractivity contribution is 5.92. The molecule has 0 fully saturated rings. The zero-order valence-corrected chi connectivity index (χ0v) is 13.5. The molecule has 0 spiro atoms. The molecule has 1 N–H and O–H groups in total. The maximum absolute atomic E-state index is 12.5. The van der Waals surface area contributed by atoms with Gasteiger partial charge in [-0.2, -0.15) is 0 Å². The summed E-state index contributed by atoms with van der Waals surface area (Å²) in [5.41, 5.74) is 2.56. The molecule has 0 aliphatic heterocycles. The number of nitrogens with one attached hydrogen (secondary N) is 1. The number of furan rings is 1. The first kappa shape index (κ1) is 15.1. The van der Waals surface area contributed by atoms with Crippen LogP contribution < -0.4 is 5.32 Å². The van der Waals surface area contributed by atoms with E-state index in [1.165, 1.54) is 10.9 Å². The molecule has 1 aromatic carbocycles. The van der Waals surface area contributed by atoms with Gasteiger partial charge in [0.2, 0.25) is 0 Å². The summed E-state index contributed by atoms with van der Waals surface area (Å²) in [5.74, 6) is 1.13. The summed E-state index contributed by atoms with van der Waals surface area (Å²) in [6.07, 6.45) is 3.02. The van der Waals surface area contributed by atoms with Gasteiger partial charge in [0.15, 0.2) is 11.4 Å². The quantitative estimate of drug-likeness (QED) is 0.622. The third-order valence-electron chi connectivity index (χ3n) is 3.77. The Bertz CT molecular complexity index is 1020.